The third kappa shape index (κ3) is 3.71. The first-order valence-corrected chi connectivity index (χ1v) is 7.89. The molecular weight excluding hydrogens is 471 g/mol. The van der Waals surface area contributed by atoms with Crippen molar-refractivity contribution >= 4 is 0 Å². The predicted octanol–water partition coefficient (Wildman–Crippen LogP) is 5.27. The van der Waals surface area contributed by atoms with Gasteiger partial charge in [0.1, 0.15) is 0 Å². The molecule has 0 amide bonds. The molecule has 0 nitrogen and oxygen atoms in total. The van der Waals surface area contributed by atoms with Gasteiger partial charge in [0.05, 0.1) is 0 Å². The Morgan fingerprint density at radius 3 is 2.50 bits per heavy atom. The smallest absolute Gasteiger partial charge is 0.267 e. The van der Waals surface area contributed by atoms with Crippen molar-refractivity contribution in [3.63, 3.8) is 0 Å². The molecule has 4 rings (SSSR count). The summed E-state index contributed by atoms with van der Waals surface area (Å²) >= 11 is 0. The van der Waals surface area contributed by atoms with E-state index >= 15 is 0 Å². The molecule has 0 fully saturated rings. The van der Waals surface area contributed by atoms with E-state index < -0.39 is 0 Å². The Hall–Kier alpha value is -2.04. The summed E-state index contributed by atoms with van der Waals surface area (Å²) in [5, 5.41) is 0. The van der Waals surface area contributed by atoms with E-state index in [1.807, 2.05) is 12.2 Å². The summed E-state index contributed by atoms with van der Waals surface area (Å²) in [6.45, 7) is 0. The van der Waals surface area contributed by atoms with E-state index in [9.17, 15) is 0 Å². The van der Waals surface area contributed by atoms with E-state index in [1.165, 1.54) is 22.3 Å². The van der Waals surface area contributed by atoms with Gasteiger partial charge in [-0.2, -0.15) is 77.9 Å². The fraction of sp³-hybridized carbons (Fsp3) is 0.0870. The van der Waals surface area contributed by atoms with Crippen molar-refractivity contribution in [2.45, 2.75) is 12.3 Å². The predicted molar refractivity (Wildman–Crippen MR) is 94.1 cm³/mol. The first-order valence-electron chi connectivity index (χ1n) is 7.89. The van der Waals surface area contributed by atoms with Crippen LogP contribution in [0.5, 0.6) is 0 Å². The van der Waals surface area contributed by atoms with E-state index in [-0.39, 0.29) is 27.0 Å². The first kappa shape index (κ1) is 16.8. The molecule has 1 heteroatoms. The third-order valence-electron chi connectivity index (χ3n) is 4.10. The zero-order valence-electron chi connectivity index (χ0n) is 13.1. The molecular formula is C23H16Pt. The molecule has 1 unspecified atom stereocenters. The number of rotatable bonds is 4. The Morgan fingerprint density at radius 2 is 1.75 bits per heavy atom. The van der Waals surface area contributed by atoms with Crippen LogP contribution in [-0.4, -0.2) is 0 Å². The van der Waals surface area contributed by atoms with Gasteiger partial charge >= 0.3 is 21.1 Å². The SMILES string of the molecule is [C-]1=CC=CC1c1[c-]c(Cc2[c-]c(-c3ccc[cH-]3)ccc2)ccc1.[Pt+4]. The van der Waals surface area contributed by atoms with E-state index in [0.29, 0.717) is 0 Å². The Labute approximate surface area is 158 Å². The van der Waals surface area contributed by atoms with Crippen LogP contribution in [0.4, 0.5) is 0 Å². The van der Waals surface area contributed by atoms with Gasteiger partial charge in [-0.15, -0.1) is 11.6 Å². The maximum Gasteiger partial charge on any atom is 4.00 e. The molecule has 0 saturated carbocycles. The largest absolute Gasteiger partial charge is 4.00 e. The van der Waals surface area contributed by atoms with Crippen molar-refractivity contribution in [3.8, 4) is 11.1 Å². The molecule has 0 saturated heterocycles. The fourth-order valence-electron chi connectivity index (χ4n) is 2.94. The zero-order chi connectivity index (χ0) is 15.5. The van der Waals surface area contributed by atoms with Crippen LogP contribution in [0.25, 0.3) is 11.1 Å². The summed E-state index contributed by atoms with van der Waals surface area (Å²) < 4.78 is 0. The molecule has 24 heavy (non-hydrogen) atoms. The summed E-state index contributed by atoms with van der Waals surface area (Å²) in [6, 6.07) is 28.1. The summed E-state index contributed by atoms with van der Waals surface area (Å²) in [5.74, 6) is 0.245. The van der Waals surface area contributed by atoms with E-state index in [4.69, 9.17) is 0 Å². The summed E-state index contributed by atoms with van der Waals surface area (Å²) in [6.07, 6.45) is 10.3. The average Bonchev–Trinajstić information content (AvgIpc) is 3.29. The minimum atomic E-state index is 0. The second kappa shape index (κ2) is 7.69. The van der Waals surface area contributed by atoms with Crippen molar-refractivity contribution in [2.24, 2.45) is 0 Å². The maximum atomic E-state index is 3.54. The Balaban J connectivity index is 0.00000169. The molecule has 3 aromatic carbocycles. The van der Waals surface area contributed by atoms with E-state index in [0.717, 1.165) is 12.0 Å². The molecule has 1 aliphatic rings. The molecule has 0 spiro atoms. The summed E-state index contributed by atoms with van der Waals surface area (Å²) in [4.78, 5) is 0. The molecule has 118 valence electrons. The van der Waals surface area contributed by atoms with E-state index in [2.05, 4.69) is 84.9 Å². The quantitative estimate of drug-likeness (QED) is 0.440. The average molecular weight is 487 g/mol. The Kier molecular flexibility index (Phi) is 5.38. The van der Waals surface area contributed by atoms with Crippen LogP contribution in [0.2, 0.25) is 0 Å². The van der Waals surface area contributed by atoms with Gasteiger partial charge in [0.15, 0.2) is 0 Å². The van der Waals surface area contributed by atoms with Crippen LogP contribution in [-0.2, 0) is 27.5 Å². The molecule has 0 N–H and O–H groups in total. The molecule has 0 aromatic heterocycles. The Morgan fingerprint density at radius 1 is 0.917 bits per heavy atom. The fourth-order valence-corrected chi connectivity index (χ4v) is 2.94. The van der Waals surface area contributed by atoms with Crippen molar-refractivity contribution in [1.29, 1.82) is 0 Å². The minimum Gasteiger partial charge on any atom is -0.267 e. The normalized spacial score (nSPS) is 15.4. The number of hydrogen-bond donors (Lipinski definition) is 0. The summed E-state index contributed by atoms with van der Waals surface area (Å²) in [7, 11) is 0. The zero-order valence-corrected chi connectivity index (χ0v) is 15.4. The molecule has 0 aliphatic heterocycles. The van der Waals surface area contributed by atoms with Gasteiger partial charge in [-0.25, -0.2) is 29.3 Å². The molecule has 1 aliphatic carbocycles. The minimum absolute atomic E-state index is 0. The second-order valence-electron chi connectivity index (χ2n) is 5.77. The van der Waals surface area contributed by atoms with Gasteiger partial charge in [-0.3, -0.25) is 6.08 Å². The van der Waals surface area contributed by atoms with Crippen LogP contribution >= 0.6 is 0 Å². The molecule has 1 atom stereocenters. The van der Waals surface area contributed by atoms with Crippen LogP contribution in [0.15, 0.2) is 78.9 Å². The van der Waals surface area contributed by atoms with Crippen LogP contribution in [0.3, 0.4) is 0 Å². The van der Waals surface area contributed by atoms with Crippen molar-refractivity contribution < 1.29 is 21.1 Å². The molecule has 0 heterocycles. The number of hydrogen-bond acceptors (Lipinski definition) is 0. The molecule has 0 radical (unpaired) electrons. The van der Waals surface area contributed by atoms with Gasteiger partial charge in [0, 0.05) is 0 Å². The van der Waals surface area contributed by atoms with Gasteiger partial charge in [0.2, 0.25) is 0 Å². The molecule has 0 bridgehead atoms. The van der Waals surface area contributed by atoms with Crippen molar-refractivity contribution in [3.05, 3.63) is 114 Å². The first-order chi connectivity index (χ1) is 11.4. The molecule has 3 aromatic rings. The van der Waals surface area contributed by atoms with Crippen LogP contribution in [0.1, 0.15) is 22.6 Å². The van der Waals surface area contributed by atoms with Crippen molar-refractivity contribution in [2.75, 3.05) is 0 Å². The number of benzene rings is 2. The topological polar surface area (TPSA) is 0 Å². The van der Waals surface area contributed by atoms with Gasteiger partial charge in [0.25, 0.3) is 0 Å². The number of allylic oxidation sites excluding steroid dienone is 4. The van der Waals surface area contributed by atoms with Gasteiger partial charge < -0.3 is 0 Å². The van der Waals surface area contributed by atoms with Crippen molar-refractivity contribution in [1.82, 2.24) is 0 Å². The monoisotopic (exact) mass is 487 g/mol. The third-order valence-corrected chi connectivity index (χ3v) is 4.10. The Bertz CT molecular complexity index is 841. The standard InChI is InChI=1S/C23H16.Pt/c1-2-10-20(9-1)22-13-5-7-18(16-22)15-19-8-6-14-23(17-19)21-11-3-4-12-21;/h1-11,13-14,21H,15H2;/q-4;+4. The van der Waals surface area contributed by atoms with Crippen LogP contribution in [0, 0.1) is 18.2 Å². The van der Waals surface area contributed by atoms with Gasteiger partial charge in [-0.05, 0) is 6.42 Å². The second-order valence-corrected chi connectivity index (χ2v) is 5.77. The van der Waals surface area contributed by atoms with E-state index in [1.54, 1.807) is 0 Å². The van der Waals surface area contributed by atoms with Gasteiger partial charge in [-0.1, -0.05) is 5.92 Å². The summed E-state index contributed by atoms with van der Waals surface area (Å²) in [5.41, 5.74) is 5.94. The van der Waals surface area contributed by atoms with Crippen LogP contribution < -0.4 is 0 Å². The maximum absolute atomic E-state index is 3.54.